The summed E-state index contributed by atoms with van der Waals surface area (Å²) in [6.45, 7) is 5.65. The number of ether oxygens (including phenoxy) is 3. The number of amides is 1. The van der Waals surface area contributed by atoms with Crippen LogP contribution in [0.3, 0.4) is 0 Å². The smallest absolute Gasteiger partial charge is 0.289 e. The molecule has 0 atom stereocenters. The summed E-state index contributed by atoms with van der Waals surface area (Å²) >= 11 is 0. The molecule has 176 valence electrons. The van der Waals surface area contributed by atoms with E-state index in [1.165, 1.54) is 6.92 Å². The molecule has 3 heterocycles. The molecule has 1 fully saturated rings. The number of hydrogen-bond donors (Lipinski definition) is 0. The minimum absolute atomic E-state index is 0.00880. The number of piperazine rings is 1. The normalized spacial score (nSPS) is 15.4. The predicted octanol–water partition coefficient (Wildman–Crippen LogP) is 3.75. The molecule has 0 unspecified atom stereocenters. The van der Waals surface area contributed by atoms with Crippen molar-refractivity contribution in [3.63, 3.8) is 0 Å². The number of carbonyl (C=O) groups is 2. The highest BCUT2D eigenvalue weighted by atomic mass is 16.7. The Morgan fingerprint density at radius 1 is 0.912 bits per heavy atom. The van der Waals surface area contributed by atoms with Crippen LogP contribution in [0.15, 0.2) is 59.0 Å². The molecule has 5 rings (SSSR count). The maximum Gasteiger partial charge on any atom is 0.289 e. The van der Waals surface area contributed by atoms with Crippen molar-refractivity contribution in [3.8, 4) is 17.2 Å². The second-order valence-corrected chi connectivity index (χ2v) is 8.39. The molecular formula is C26H26N2O6. The van der Waals surface area contributed by atoms with Crippen LogP contribution in [0.5, 0.6) is 17.2 Å². The standard InChI is InChI=1S/C26H26N2O6/c1-18(29)20-3-5-21(6-4-20)31-16-22-7-9-24(34-22)26(30)28-12-10-27(11-13-28)15-19-2-8-23-25(14-19)33-17-32-23/h2-9,14H,10-13,15-17H2,1H3. The zero-order valence-corrected chi connectivity index (χ0v) is 19.0. The Balaban J connectivity index is 1.11. The van der Waals surface area contributed by atoms with Crippen LogP contribution in [0.2, 0.25) is 0 Å². The van der Waals surface area contributed by atoms with Crippen molar-refractivity contribution in [1.82, 2.24) is 9.80 Å². The van der Waals surface area contributed by atoms with E-state index in [0.29, 0.717) is 35.9 Å². The van der Waals surface area contributed by atoms with Crippen LogP contribution in [0.4, 0.5) is 0 Å². The van der Waals surface area contributed by atoms with E-state index in [4.69, 9.17) is 18.6 Å². The number of rotatable bonds is 7. The van der Waals surface area contributed by atoms with Crippen molar-refractivity contribution in [3.05, 3.63) is 77.2 Å². The zero-order valence-electron chi connectivity index (χ0n) is 19.0. The van der Waals surface area contributed by atoms with Gasteiger partial charge in [-0.1, -0.05) is 6.07 Å². The van der Waals surface area contributed by atoms with Crippen molar-refractivity contribution < 1.29 is 28.2 Å². The largest absolute Gasteiger partial charge is 0.486 e. The second kappa shape index (κ2) is 9.61. The molecule has 3 aromatic rings. The van der Waals surface area contributed by atoms with Crippen molar-refractivity contribution in [1.29, 1.82) is 0 Å². The molecule has 2 aliphatic rings. The summed E-state index contributed by atoms with van der Waals surface area (Å²) in [5.41, 5.74) is 1.80. The molecule has 0 bridgehead atoms. The maximum absolute atomic E-state index is 12.9. The first-order valence-electron chi connectivity index (χ1n) is 11.3. The number of benzene rings is 2. The number of hydrogen-bond acceptors (Lipinski definition) is 7. The van der Waals surface area contributed by atoms with Crippen molar-refractivity contribution in [2.75, 3.05) is 33.0 Å². The van der Waals surface area contributed by atoms with Gasteiger partial charge in [0.25, 0.3) is 5.91 Å². The Bertz CT molecular complexity index is 1180. The van der Waals surface area contributed by atoms with Crippen LogP contribution >= 0.6 is 0 Å². The lowest BCUT2D eigenvalue weighted by Crippen LogP contribution is -2.48. The van der Waals surface area contributed by atoms with Gasteiger partial charge >= 0.3 is 0 Å². The third-order valence-electron chi connectivity index (χ3n) is 6.02. The van der Waals surface area contributed by atoms with E-state index >= 15 is 0 Å². The number of fused-ring (bicyclic) bond motifs is 1. The molecule has 0 radical (unpaired) electrons. The van der Waals surface area contributed by atoms with E-state index in [2.05, 4.69) is 11.0 Å². The first-order valence-corrected chi connectivity index (χ1v) is 11.3. The van der Waals surface area contributed by atoms with Crippen LogP contribution in [-0.4, -0.2) is 54.5 Å². The van der Waals surface area contributed by atoms with E-state index in [9.17, 15) is 9.59 Å². The van der Waals surface area contributed by atoms with Gasteiger partial charge in [0.05, 0.1) is 0 Å². The molecule has 1 saturated heterocycles. The fraction of sp³-hybridized carbons (Fsp3) is 0.308. The van der Waals surface area contributed by atoms with Gasteiger partial charge in [-0.2, -0.15) is 0 Å². The van der Waals surface area contributed by atoms with E-state index in [-0.39, 0.29) is 25.1 Å². The summed E-state index contributed by atoms with van der Waals surface area (Å²) in [5, 5.41) is 0. The summed E-state index contributed by atoms with van der Waals surface area (Å²) in [7, 11) is 0. The molecule has 2 aliphatic heterocycles. The minimum Gasteiger partial charge on any atom is -0.486 e. The first kappa shape index (κ1) is 22.0. The molecule has 1 aromatic heterocycles. The SMILES string of the molecule is CC(=O)c1ccc(OCc2ccc(C(=O)N3CCN(Cc4ccc5c(c4)OCO5)CC3)o2)cc1. The number of carbonyl (C=O) groups excluding carboxylic acids is 2. The average Bonchev–Trinajstić information content (AvgIpc) is 3.52. The maximum atomic E-state index is 12.9. The number of ketones is 1. The Morgan fingerprint density at radius 3 is 2.44 bits per heavy atom. The van der Waals surface area contributed by atoms with Crippen LogP contribution in [0, 0.1) is 0 Å². The fourth-order valence-electron chi connectivity index (χ4n) is 4.07. The summed E-state index contributed by atoms with van der Waals surface area (Å²) < 4.78 is 22.3. The van der Waals surface area contributed by atoms with E-state index < -0.39 is 0 Å². The highest BCUT2D eigenvalue weighted by Gasteiger charge is 2.25. The van der Waals surface area contributed by atoms with E-state index in [0.717, 1.165) is 36.7 Å². The zero-order chi connectivity index (χ0) is 23.5. The van der Waals surface area contributed by atoms with Gasteiger partial charge in [-0.3, -0.25) is 14.5 Å². The molecular weight excluding hydrogens is 436 g/mol. The minimum atomic E-state index is -0.111. The summed E-state index contributed by atoms with van der Waals surface area (Å²) in [6.07, 6.45) is 0. The predicted molar refractivity (Wildman–Crippen MR) is 123 cm³/mol. The Hall–Kier alpha value is -3.78. The molecule has 0 N–H and O–H groups in total. The summed E-state index contributed by atoms with van der Waals surface area (Å²) in [5.74, 6) is 2.99. The van der Waals surface area contributed by atoms with Gasteiger partial charge in [-0.15, -0.1) is 0 Å². The molecule has 0 spiro atoms. The molecule has 8 heteroatoms. The van der Waals surface area contributed by atoms with Gasteiger partial charge in [-0.05, 0) is 61.0 Å². The van der Waals surface area contributed by atoms with Crippen LogP contribution in [0.25, 0.3) is 0 Å². The number of furan rings is 1. The van der Waals surface area contributed by atoms with Gasteiger partial charge in [0.15, 0.2) is 23.0 Å². The van der Waals surface area contributed by atoms with E-state index in [1.807, 2.05) is 17.0 Å². The van der Waals surface area contributed by atoms with Crippen LogP contribution < -0.4 is 14.2 Å². The Morgan fingerprint density at radius 2 is 1.68 bits per heavy atom. The molecule has 0 saturated carbocycles. The molecule has 34 heavy (non-hydrogen) atoms. The van der Waals surface area contributed by atoms with Crippen molar-refractivity contribution >= 4 is 11.7 Å². The lowest BCUT2D eigenvalue weighted by Gasteiger charge is -2.34. The number of nitrogens with zero attached hydrogens (tertiary/aromatic N) is 2. The molecule has 1 amide bonds. The topological polar surface area (TPSA) is 81.5 Å². The quantitative estimate of drug-likeness (QED) is 0.495. The number of Topliss-reactive ketones (excluding diaryl/α,β-unsaturated/α-hetero) is 1. The van der Waals surface area contributed by atoms with Crippen molar-refractivity contribution in [2.45, 2.75) is 20.1 Å². The Labute approximate surface area is 197 Å². The van der Waals surface area contributed by atoms with Crippen molar-refractivity contribution in [2.24, 2.45) is 0 Å². The highest BCUT2D eigenvalue weighted by molar-refractivity contribution is 5.94. The highest BCUT2D eigenvalue weighted by Crippen LogP contribution is 2.33. The lowest BCUT2D eigenvalue weighted by molar-refractivity contribution is 0.0594. The summed E-state index contributed by atoms with van der Waals surface area (Å²) in [4.78, 5) is 28.4. The molecule has 8 nitrogen and oxygen atoms in total. The van der Waals surface area contributed by atoms with Gasteiger partial charge in [0.2, 0.25) is 6.79 Å². The van der Waals surface area contributed by atoms with Crippen LogP contribution in [0.1, 0.15) is 39.2 Å². The van der Waals surface area contributed by atoms with Gasteiger partial charge in [0.1, 0.15) is 18.1 Å². The monoisotopic (exact) mass is 462 g/mol. The van der Waals surface area contributed by atoms with Crippen LogP contribution in [-0.2, 0) is 13.2 Å². The third kappa shape index (κ3) is 4.92. The van der Waals surface area contributed by atoms with Gasteiger partial charge in [0, 0.05) is 38.3 Å². The summed E-state index contributed by atoms with van der Waals surface area (Å²) in [6, 6.07) is 16.4. The average molecular weight is 463 g/mol. The fourth-order valence-corrected chi connectivity index (χ4v) is 4.07. The van der Waals surface area contributed by atoms with Gasteiger partial charge < -0.3 is 23.5 Å². The third-order valence-corrected chi connectivity index (χ3v) is 6.02. The molecule has 2 aromatic carbocycles. The first-order chi connectivity index (χ1) is 16.5. The van der Waals surface area contributed by atoms with E-state index in [1.54, 1.807) is 36.4 Å². The second-order valence-electron chi connectivity index (χ2n) is 8.39. The lowest BCUT2D eigenvalue weighted by atomic mass is 10.1. The molecule has 0 aliphatic carbocycles. The van der Waals surface area contributed by atoms with Gasteiger partial charge in [-0.25, -0.2) is 0 Å². The Kier molecular flexibility index (Phi) is 6.22.